The minimum absolute atomic E-state index is 0.754. The van der Waals surface area contributed by atoms with E-state index in [0.717, 1.165) is 24.9 Å². The Morgan fingerprint density at radius 2 is 2.12 bits per heavy atom. The van der Waals surface area contributed by atoms with Crippen LogP contribution < -0.4 is 5.32 Å². The fraction of sp³-hybridized carbons (Fsp3) is 0.769. The van der Waals surface area contributed by atoms with E-state index in [2.05, 4.69) is 23.4 Å². The second-order valence-corrected chi connectivity index (χ2v) is 5.11. The molecule has 0 bridgehead atoms. The lowest BCUT2D eigenvalue weighted by molar-refractivity contribution is 0.308. The van der Waals surface area contributed by atoms with Crippen LogP contribution in [0, 0.1) is 5.92 Å². The van der Waals surface area contributed by atoms with E-state index < -0.39 is 0 Å². The number of aryl methyl sites for hydroxylation is 1. The fourth-order valence-electron chi connectivity index (χ4n) is 2.52. The van der Waals surface area contributed by atoms with Crippen LogP contribution in [0.3, 0.4) is 0 Å². The molecule has 1 aliphatic carbocycles. The predicted octanol–water partition coefficient (Wildman–Crippen LogP) is 2.13. The standard InChI is InChI=1S/C13H23N3/c1-11-3-5-12(6-4-11)14-9-7-13-8-10-15-16(13)2/h8,10-12,14H,3-7,9H2,1-2H3. The zero-order valence-electron chi connectivity index (χ0n) is 10.4. The van der Waals surface area contributed by atoms with Crippen LogP contribution >= 0.6 is 0 Å². The van der Waals surface area contributed by atoms with Crippen molar-refractivity contribution in [3.05, 3.63) is 18.0 Å². The molecule has 0 radical (unpaired) electrons. The normalized spacial score (nSPS) is 25.9. The fourth-order valence-corrected chi connectivity index (χ4v) is 2.52. The van der Waals surface area contributed by atoms with Crippen LogP contribution in [0.5, 0.6) is 0 Å². The highest BCUT2D eigenvalue weighted by Gasteiger charge is 2.17. The summed E-state index contributed by atoms with van der Waals surface area (Å²) in [5, 5.41) is 7.85. The lowest BCUT2D eigenvalue weighted by Crippen LogP contribution is -2.34. The first-order chi connectivity index (χ1) is 7.75. The molecule has 0 saturated heterocycles. The van der Waals surface area contributed by atoms with Gasteiger partial charge in [0.05, 0.1) is 0 Å². The van der Waals surface area contributed by atoms with Crippen molar-refractivity contribution in [2.45, 2.75) is 45.1 Å². The van der Waals surface area contributed by atoms with Gasteiger partial charge in [-0.05, 0) is 37.7 Å². The second kappa shape index (κ2) is 5.48. The van der Waals surface area contributed by atoms with Crippen LogP contribution in [0.1, 0.15) is 38.3 Å². The maximum Gasteiger partial charge on any atom is 0.0492 e. The number of nitrogens with one attached hydrogen (secondary N) is 1. The van der Waals surface area contributed by atoms with Crippen molar-refractivity contribution in [2.24, 2.45) is 13.0 Å². The predicted molar refractivity (Wildman–Crippen MR) is 66.3 cm³/mol. The van der Waals surface area contributed by atoms with Gasteiger partial charge in [-0.1, -0.05) is 6.92 Å². The number of hydrogen-bond acceptors (Lipinski definition) is 2. The molecular weight excluding hydrogens is 198 g/mol. The average Bonchev–Trinajstić information content (AvgIpc) is 2.68. The van der Waals surface area contributed by atoms with Gasteiger partial charge in [0, 0.05) is 37.9 Å². The van der Waals surface area contributed by atoms with E-state index in [-0.39, 0.29) is 0 Å². The molecule has 3 nitrogen and oxygen atoms in total. The van der Waals surface area contributed by atoms with Gasteiger partial charge < -0.3 is 5.32 Å². The number of rotatable bonds is 4. The van der Waals surface area contributed by atoms with E-state index in [1.165, 1.54) is 31.4 Å². The van der Waals surface area contributed by atoms with Crippen molar-refractivity contribution in [3.8, 4) is 0 Å². The summed E-state index contributed by atoms with van der Waals surface area (Å²) in [4.78, 5) is 0. The van der Waals surface area contributed by atoms with Gasteiger partial charge in [0.1, 0.15) is 0 Å². The summed E-state index contributed by atoms with van der Waals surface area (Å²) in [6, 6.07) is 2.86. The Labute approximate surface area is 98.2 Å². The van der Waals surface area contributed by atoms with Crippen LogP contribution in [-0.2, 0) is 13.5 Å². The summed E-state index contributed by atoms with van der Waals surface area (Å²) >= 11 is 0. The Bertz CT molecular complexity index is 311. The Morgan fingerprint density at radius 3 is 2.75 bits per heavy atom. The third-order valence-electron chi connectivity index (χ3n) is 3.75. The Kier molecular flexibility index (Phi) is 3.99. The van der Waals surface area contributed by atoms with Crippen LogP contribution in [0.4, 0.5) is 0 Å². The highest BCUT2D eigenvalue weighted by Crippen LogP contribution is 2.23. The summed E-state index contributed by atoms with van der Waals surface area (Å²) < 4.78 is 1.96. The van der Waals surface area contributed by atoms with E-state index in [4.69, 9.17) is 0 Å². The molecule has 1 aromatic rings. The zero-order chi connectivity index (χ0) is 11.4. The highest BCUT2D eigenvalue weighted by atomic mass is 15.3. The van der Waals surface area contributed by atoms with Gasteiger partial charge in [-0.3, -0.25) is 4.68 Å². The molecule has 1 saturated carbocycles. The molecule has 1 N–H and O–H groups in total. The molecule has 1 aliphatic rings. The van der Waals surface area contributed by atoms with Gasteiger partial charge in [-0.15, -0.1) is 0 Å². The number of hydrogen-bond donors (Lipinski definition) is 1. The molecule has 3 heteroatoms. The first-order valence-electron chi connectivity index (χ1n) is 6.46. The molecule has 2 rings (SSSR count). The highest BCUT2D eigenvalue weighted by molar-refractivity contribution is 5.00. The van der Waals surface area contributed by atoms with E-state index in [0.29, 0.717) is 0 Å². The Balaban J connectivity index is 1.67. The maximum atomic E-state index is 4.18. The van der Waals surface area contributed by atoms with Crippen LogP contribution in [0.2, 0.25) is 0 Å². The van der Waals surface area contributed by atoms with Gasteiger partial charge in [-0.2, -0.15) is 5.10 Å². The smallest absolute Gasteiger partial charge is 0.0492 e. The molecule has 0 amide bonds. The number of nitrogens with zero attached hydrogens (tertiary/aromatic N) is 2. The minimum Gasteiger partial charge on any atom is -0.314 e. The SMILES string of the molecule is CC1CCC(NCCc2ccnn2C)CC1. The molecule has 1 aromatic heterocycles. The van der Waals surface area contributed by atoms with Crippen molar-refractivity contribution < 1.29 is 0 Å². The molecule has 1 heterocycles. The lowest BCUT2D eigenvalue weighted by Gasteiger charge is -2.27. The van der Waals surface area contributed by atoms with Gasteiger partial charge >= 0.3 is 0 Å². The lowest BCUT2D eigenvalue weighted by atomic mass is 9.87. The molecule has 90 valence electrons. The van der Waals surface area contributed by atoms with E-state index in [9.17, 15) is 0 Å². The summed E-state index contributed by atoms with van der Waals surface area (Å²) in [7, 11) is 2.01. The molecule has 0 aromatic carbocycles. The molecule has 1 fully saturated rings. The van der Waals surface area contributed by atoms with Gasteiger partial charge in [0.25, 0.3) is 0 Å². The first-order valence-corrected chi connectivity index (χ1v) is 6.46. The molecular formula is C13H23N3. The summed E-state index contributed by atoms with van der Waals surface area (Å²) in [6.07, 6.45) is 8.45. The Morgan fingerprint density at radius 1 is 1.38 bits per heavy atom. The monoisotopic (exact) mass is 221 g/mol. The molecule has 0 spiro atoms. The quantitative estimate of drug-likeness (QED) is 0.844. The first kappa shape index (κ1) is 11.6. The van der Waals surface area contributed by atoms with E-state index in [1.54, 1.807) is 0 Å². The summed E-state index contributed by atoms with van der Waals surface area (Å²) in [6.45, 7) is 3.45. The third-order valence-corrected chi connectivity index (χ3v) is 3.75. The van der Waals surface area contributed by atoms with Crippen LogP contribution in [0.25, 0.3) is 0 Å². The Hall–Kier alpha value is -0.830. The van der Waals surface area contributed by atoms with Crippen LogP contribution in [0.15, 0.2) is 12.3 Å². The van der Waals surface area contributed by atoms with Crippen molar-refractivity contribution in [2.75, 3.05) is 6.54 Å². The van der Waals surface area contributed by atoms with E-state index in [1.807, 2.05) is 17.9 Å². The van der Waals surface area contributed by atoms with Gasteiger partial charge in [0.2, 0.25) is 0 Å². The second-order valence-electron chi connectivity index (χ2n) is 5.11. The third kappa shape index (κ3) is 3.08. The molecule has 0 aliphatic heterocycles. The van der Waals surface area contributed by atoms with Crippen molar-refractivity contribution in [1.29, 1.82) is 0 Å². The summed E-state index contributed by atoms with van der Waals surface area (Å²) in [5.41, 5.74) is 1.32. The topological polar surface area (TPSA) is 29.9 Å². The largest absolute Gasteiger partial charge is 0.314 e. The molecule has 0 atom stereocenters. The average molecular weight is 221 g/mol. The minimum atomic E-state index is 0.754. The van der Waals surface area contributed by atoms with Gasteiger partial charge in [-0.25, -0.2) is 0 Å². The van der Waals surface area contributed by atoms with E-state index >= 15 is 0 Å². The molecule has 0 unspecified atom stereocenters. The van der Waals surface area contributed by atoms with Crippen molar-refractivity contribution in [3.63, 3.8) is 0 Å². The zero-order valence-corrected chi connectivity index (χ0v) is 10.4. The van der Waals surface area contributed by atoms with Crippen molar-refractivity contribution >= 4 is 0 Å². The molecule has 16 heavy (non-hydrogen) atoms. The van der Waals surface area contributed by atoms with Crippen molar-refractivity contribution in [1.82, 2.24) is 15.1 Å². The summed E-state index contributed by atoms with van der Waals surface area (Å²) in [5.74, 6) is 0.940. The number of aromatic nitrogens is 2. The maximum absolute atomic E-state index is 4.18. The van der Waals surface area contributed by atoms with Crippen LogP contribution in [-0.4, -0.2) is 22.4 Å². The van der Waals surface area contributed by atoms with Gasteiger partial charge in [0.15, 0.2) is 0 Å².